The van der Waals surface area contributed by atoms with Crippen LogP contribution in [-0.2, 0) is 4.74 Å². The van der Waals surface area contributed by atoms with Gasteiger partial charge < -0.3 is 9.47 Å². The van der Waals surface area contributed by atoms with Gasteiger partial charge in [-0.1, -0.05) is 39.3 Å². The van der Waals surface area contributed by atoms with Gasteiger partial charge in [-0.05, 0) is 79.4 Å². The molecule has 25 heavy (non-hydrogen) atoms. The smallest absolute Gasteiger partial charge is 0.199 e. The molecular formula is C23H34O2. The lowest BCUT2D eigenvalue weighted by molar-refractivity contribution is -0.143. The lowest BCUT2D eigenvalue weighted by atomic mass is 9.80. The maximum absolute atomic E-state index is 6.48. The molecule has 0 amide bonds. The minimum absolute atomic E-state index is 0.0985. The Kier molecular flexibility index (Phi) is 5.08. The first-order valence-electron chi connectivity index (χ1n) is 10.6. The summed E-state index contributed by atoms with van der Waals surface area (Å²) in [7, 11) is 0. The second-order valence-corrected chi connectivity index (χ2v) is 8.66. The minimum Gasteiger partial charge on any atom is -0.465 e. The lowest BCUT2D eigenvalue weighted by Crippen LogP contribution is -2.35. The highest BCUT2D eigenvalue weighted by Crippen LogP contribution is 2.59. The quantitative estimate of drug-likeness (QED) is 0.553. The maximum Gasteiger partial charge on any atom is 0.199 e. The van der Waals surface area contributed by atoms with Gasteiger partial charge in [0.15, 0.2) is 6.29 Å². The van der Waals surface area contributed by atoms with Crippen LogP contribution >= 0.6 is 0 Å². The van der Waals surface area contributed by atoms with Crippen molar-refractivity contribution in [3.8, 4) is 5.75 Å². The predicted molar refractivity (Wildman–Crippen MR) is 102 cm³/mol. The summed E-state index contributed by atoms with van der Waals surface area (Å²) in [5, 5.41) is 0. The molecule has 0 aromatic heterocycles. The molecule has 0 radical (unpaired) electrons. The van der Waals surface area contributed by atoms with E-state index in [0.29, 0.717) is 12.0 Å². The van der Waals surface area contributed by atoms with Gasteiger partial charge >= 0.3 is 0 Å². The Hall–Kier alpha value is -1.02. The molecule has 0 N–H and O–H groups in total. The van der Waals surface area contributed by atoms with Crippen molar-refractivity contribution in [3.05, 3.63) is 29.8 Å². The Morgan fingerprint density at radius 3 is 2.44 bits per heavy atom. The molecule has 7 atom stereocenters. The van der Waals surface area contributed by atoms with Crippen LogP contribution in [0.3, 0.4) is 0 Å². The van der Waals surface area contributed by atoms with Crippen molar-refractivity contribution in [2.75, 3.05) is 0 Å². The topological polar surface area (TPSA) is 18.5 Å². The van der Waals surface area contributed by atoms with Crippen molar-refractivity contribution in [2.24, 2.45) is 23.7 Å². The van der Waals surface area contributed by atoms with Gasteiger partial charge in [0.1, 0.15) is 5.75 Å². The fraction of sp³-hybridized carbons (Fsp3) is 0.739. The summed E-state index contributed by atoms with van der Waals surface area (Å²) in [5.74, 6) is 5.29. The molecule has 2 bridgehead atoms. The van der Waals surface area contributed by atoms with Gasteiger partial charge in [-0.3, -0.25) is 0 Å². The molecule has 1 aromatic rings. The van der Waals surface area contributed by atoms with E-state index in [1.165, 1.54) is 44.1 Å². The first-order chi connectivity index (χ1) is 12.2. The molecule has 4 rings (SSSR count). The van der Waals surface area contributed by atoms with Gasteiger partial charge in [0.2, 0.25) is 0 Å². The zero-order valence-corrected chi connectivity index (χ0v) is 16.1. The normalized spacial score (nSPS) is 35.6. The van der Waals surface area contributed by atoms with Crippen LogP contribution in [-0.4, -0.2) is 12.4 Å². The van der Waals surface area contributed by atoms with E-state index in [1.807, 2.05) is 0 Å². The predicted octanol–water partition coefficient (Wildman–Crippen LogP) is 6.16. The summed E-state index contributed by atoms with van der Waals surface area (Å²) in [6, 6.07) is 8.64. The number of hydrogen-bond donors (Lipinski definition) is 0. The summed E-state index contributed by atoms with van der Waals surface area (Å²) in [5.41, 5.74) is 1.39. The Bertz CT molecular complexity index is 566. The zero-order chi connectivity index (χ0) is 17.4. The monoisotopic (exact) mass is 342 g/mol. The van der Waals surface area contributed by atoms with Crippen molar-refractivity contribution in [1.82, 2.24) is 0 Å². The summed E-state index contributed by atoms with van der Waals surface area (Å²) < 4.78 is 12.7. The highest BCUT2D eigenvalue weighted by atomic mass is 16.7. The van der Waals surface area contributed by atoms with Crippen LogP contribution < -0.4 is 4.74 Å². The first kappa shape index (κ1) is 17.4. The van der Waals surface area contributed by atoms with E-state index in [1.54, 1.807) is 0 Å². The number of fused-ring (bicyclic) bond motifs is 5. The third-order valence-corrected chi connectivity index (χ3v) is 7.36. The average molecular weight is 343 g/mol. The highest BCUT2D eigenvalue weighted by molar-refractivity contribution is 5.29. The van der Waals surface area contributed by atoms with Gasteiger partial charge in [0.25, 0.3) is 0 Å². The van der Waals surface area contributed by atoms with Crippen molar-refractivity contribution in [2.45, 2.75) is 84.0 Å². The molecule has 3 saturated carbocycles. The molecule has 7 unspecified atom stereocenters. The van der Waals surface area contributed by atoms with Crippen molar-refractivity contribution in [3.63, 3.8) is 0 Å². The standard InChI is InChI=1S/C23H34O2/c1-4-15(3)16-9-11-18(12-10-16)24-23(5-2)25-22-14-17-13-21(22)20-8-6-7-19(17)20/h9-12,15,17,19-23H,4-8,13-14H2,1-3H3. The van der Waals surface area contributed by atoms with Crippen LogP contribution in [0.25, 0.3) is 0 Å². The van der Waals surface area contributed by atoms with Gasteiger partial charge in [-0.15, -0.1) is 0 Å². The molecule has 2 heteroatoms. The van der Waals surface area contributed by atoms with Crippen LogP contribution in [0.2, 0.25) is 0 Å². The molecule has 3 aliphatic carbocycles. The highest BCUT2D eigenvalue weighted by Gasteiger charge is 2.54. The number of benzene rings is 1. The van der Waals surface area contributed by atoms with E-state index >= 15 is 0 Å². The Morgan fingerprint density at radius 1 is 0.960 bits per heavy atom. The van der Waals surface area contributed by atoms with Crippen LogP contribution in [0.1, 0.15) is 77.2 Å². The molecule has 0 heterocycles. The van der Waals surface area contributed by atoms with Crippen molar-refractivity contribution >= 4 is 0 Å². The van der Waals surface area contributed by atoms with Crippen molar-refractivity contribution < 1.29 is 9.47 Å². The van der Waals surface area contributed by atoms with Crippen LogP contribution in [0.5, 0.6) is 5.75 Å². The molecule has 2 nitrogen and oxygen atoms in total. The Balaban J connectivity index is 1.35. The van der Waals surface area contributed by atoms with E-state index in [2.05, 4.69) is 45.0 Å². The van der Waals surface area contributed by atoms with Gasteiger partial charge in [-0.25, -0.2) is 0 Å². The number of rotatable bonds is 7. The average Bonchev–Trinajstić information content (AvgIpc) is 3.34. The minimum atomic E-state index is -0.0985. The van der Waals surface area contributed by atoms with Crippen molar-refractivity contribution in [1.29, 1.82) is 0 Å². The number of ether oxygens (including phenoxy) is 2. The summed E-state index contributed by atoms with van der Waals surface area (Å²) in [6.45, 7) is 6.68. The van der Waals surface area contributed by atoms with Gasteiger partial charge in [0, 0.05) is 6.42 Å². The van der Waals surface area contributed by atoms with E-state index in [-0.39, 0.29) is 6.29 Å². The Morgan fingerprint density at radius 2 is 1.72 bits per heavy atom. The SMILES string of the molecule is CCC(Oc1ccc(C(C)CC)cc1)OC1CC2CC1C1CCCC21. The zero-order valence-electron chi connectivity index (χ0n) is 16.1. The fourth-order valence-electron chi connectivity index (χ4n) is 5.83. The van der Waals surface area contributed by atoms with E-state index in [0.717, 1.165) is 35.8 Å². The summed E-state index contributed by atoms with van der Waals surface area (Å²) in [6.07, 6.45) is 9.49. The van der Waals surface area contributed by atoms with Crippen LogP contribution in [0, 0.1) is 23.7 Å². The van der Waals surface area contributed by atoms with Crippen LogP contribution in [0.15, 0.2) is 24.3 Å². The van der Waals surface area contributed by atoms with E-state index in [9.17, 15) is 0 Å². The third kappa shape index (κ3) is 3.35. The molecule has 0 aliphatic heterocycles. The maximum atomic E-state index is 6.48. The number of hydrogen-bond acceptors (Lipinski definition) is 2. The molecule has 0 spiro atoms. The molecule has 3 fully saturated rings. The Labute approximate surface area is 153 Å². The second kappa shape index (κ2) is 7.31. The third-order valence-electron chi connectivity index (χ3n) is 7.36. The van der Waals surface area contributed by atoms with Crippen LogP contribution in [0.4, 0.5) is 0 Å². The molecular weight excluding hydrogens is 308 g/mol. The van der Waals surface area contributed by atoms with Gasteiger partial charge in [0.05, 0.1) is 6.10 Å². The second-order valence-electron chi connectivity index (χ2n) is 8.66. The van der Waals surface area contributed by atoms with Gasteiger partial charge in [-0.2, -0.15) is 0 Å². The molecule has 3 aliphatic rings. The van der Waals surface area contributed by atoms with E-state index in [4.69, 9.17) is 9.47 Å². The van der Waals surface area contributed by atoms with E-state index < -0.39 is 0 Å². The molecule has 1 aromatic carbocycles. The summed E-state index contributed by atoms with van der Waals surface area (Å²) in [4.78, 5) is 0. The first-order valence-corrected chi connectivity index (χ1v) is 10.6. The lowest BCUT2D eigenvalue weighted by Gasteiger charge is -2.33. The fourth-order valence-corrected chi connectivity index (χ4v) is 5.83. The molecule has 0 saturated heterocycles. The largest absolute Gasteiger partial charge is 0.465 e. The summed E-state index contributed by atoms with van der Waals surface area (Å²) >= 11 is 0. The molecule has 138 valence electrons.